The number of hydrazine groups is 1. The summed E-state index contributed by atoms with van der Waals surface area (Å²) in [6, 6.07) is 0.510. The Bertz CT molecular complexity index is 216. The maximum atomic E-state index is 5.78. The predicted octanol–water partition coefficient (Wildman–Crippen LogP) is 2.46. The van der Waals surface area contributed by atoms with Crippen LogP contribution in [0.5, 0.6) is 0 Å². The van der Waals surface area contributed by atoms with Crippen LogP contribution in [0.3, 0.4) is 0 Å². The van der Waals surface area contributed by atoms with Crippen molar-refractivity contribution in [3.05, 3.63) is 0 Å². The van der Waals surface area contributed by atoms with E-state index in [0.717, 1.165) is 31.0 Å². The molecule has 0 aromatic rings. The van der Waals surface area contributed by atoms with E-state index in [1.807, 2.05) is 0 Å². The summed E-state index contributed by atoms with van der Waals surface area (Å²) >= 11 is 0. The van der Waals surface area contributed by atoms with Gasteiger partial charge >= 0.3 is 0 Å². The molecule has 0 aromatic carbocycles. The van der Waals surface area contributed by atoms with Crippen LogP contribution in [0.15, 0.2) is 0 Å². The summed E-state index contributed by atoms with van der Waals surface area (Å²) < 4.78 is 5.46. The van der Waals surface area contributed by atoms with Crippen molar-refractivity contribution in [3.8, 4) is 0 Å². The molecule has 1 saturated heterocycles. The first-order chi connectivity index (χ1) is 8.33. The maximum absolute atomic E-state index is 5.78. The molecule has 1 aliphatic carbocycles. The van der Waals surface area contributed by atoms with Gasteiger partial charge in [-0.1, -0.05) is 26.2 Å². The molecule has 2 fully saturated rings. The Kier molecular flexibility index (Phi) is 5.26. The fourth-order valence-electron chi connectivity index (χ4n) is 3.59. The summed E-state index contributed by atoms with van der Waals surface area (Å²) in [5, 5.41) is 0. The van der Waals surface area contributed by atoms with Crippen molar-refractivity contribution in [1.82, 2.24) is 5.43 Å². The minimum Gasteiger partial charge on any atom is -0.381 e. The summed E-state index contributed by atoms with van der Waals surface area (Å²) in [6.07, 6.45) is 9.32. The molecule has 1 saturated carbocycles. The van der Waals surface area contributed by atoms with Crippen LogP contribution < -0.4 is 11.3 Å². The van der Waals surface area contributed by atoms with Gasteiger partial charge in [-0.3, -0.25) is 11.3 Å². The van der Waals surface area contributed by atoms with E-state index in [1.165, 1.54) is 44.9 Å². The number of hydrogen-bond donors (Lipinski definition) is 2. The van der Waals surface area contributed by atoms with Gasteiger partial charge in [0.05, 0.1) is 0 Å². The Morgan fingerprint density at radius 2 is 2.18 bits per heavy atom. The molecule has 100 valence electrons. The minimum atomic E-state index is 0.510. The number of nitrogens with two attached hydrogens (primary N) is 1. The Hall–Kier alpha value is -0.120. The molecule has 1 aliphatic heterocycles. The second-order valence-corrected chi connectivity index (χ2v) is 5.94. The smallest absolute Gasteiger partial charge is 0.0495 e. The fraction of sp³-hybridized carbons (Fsp3) is 1.00. The Morgan fingerprint density at radius 1 is 1.29 bits per heavy atom. The molecule has 3 heteroatoms. The van der Waals surface area contributed by atoms with E-state index in [9.17, 15) is 0 Å². The lowest BCUT2D eigenvalue weighted by Gasteiger charge is -2.35. The third kappa shape index (κ3) is 3.67. The zero-order chi connectivity index (χ0) is 12.1. The van der Waals surface area contributed by atoms with Crippen LogP contribution in [0.1, 0.15) is 51.9 Å². The average molecular weight is 240 g/mol. The molecule has 2 aliphatic rings. The average Bonchev–Trinajstić information content (AvgIpc) is 2.89. The Labute approximate surface area is 105 Å². The van der Waals surface area contributed by atoms with Crippen LogP contribution in [0.2, 0.25) is 0 Å². The van der Waals surface area contributed by atoms with Crippen molar-refractivity contribution >= 4 is 0 Å². The molecule has 4 unspecified atom stereocenters. The highest BCUT2D eigenvalue weighted by molar-refractivity contribution is 4.83. The van der Waals surface area contributed by atoms with E-state index in [-0.39, 0.29) is 0 Å². The lowest BCUT2D eigenvalue weighted by Crippen LogP contribution is -2.43. The monoisotopic (exact) mass is 240 g/mol. The first kappa shape index (κ1) is 13.3. The van der Waals surface area contributed by atoms with Gasteiger partial charge in [-0.05, 0) is 43.4 Å². The number of rotatable bonds is 5. The van der Waals surface area contributed by atoms with Gasteiger partial charge in [0.15, 0.2) is 0 Å². The highest BCUT2D eigenvalue weighted by Gasteiger charge is 2.29. The maximum Gasteiger partial charge on any atom is 0.0495 e. The quantitative estimate of drug-likeness (QED) is 0.573. The van der Waals surface area contributed by atoms with Crippen molar-refractivity contribution in [1.29, 1.82) is 0 Å². The SMILES string of the molecule is CCC1CCCC(C(CC2CCOC2)NN)C1. The molecule has 3 nitrogen and oxygen atoms in total. The summed E-state index contributed by atoms with van der Waals surface area (Å²) in [5.74, 6) is 8.24. The summed E-state index contributed by atoms with van der Waals surface area (Å²) in [5.41, 5.74) is 3.09. The van der Waals surface area contributed by atoms with Crippen molar-refractivity contribution in [3.63, 3.8) is 0 Å². The largest absolute Gasteiger partial charge is 0.381 e. The van der Waals surface area contributed by atoms with E-state index >= 15 is 0 Å². The van der Waals surface area contributed by atoms with Crippen molar-refractivity contribution in [2.24, 2.45) is 23.6 Å². The number of ether oxygens (including phenoxy) is 1. The van der Waals surface area contributed by atoms with Gasteiger partial charge in [0.1, 0.15) is 0 Å². The van der Waals surface area contributed by atoms with Crippen molar-refractivity contribution in [2.45, 2.75) is 57.9 Å². The van der Waals surface area contributed by atoms with E-state index in [4.69, 9.17) is 10.6 Å². The van der Waals surface area contributed by atoms with Crippen molar-refractivity contribution < 1.29 is 4.74 Å². The normalized spacial score (nSPS) is 36.0. The van der Waals surface area contributed by atoms with Crippen LogP contribution in [-0.2, 0) is 4.74 Å². The number of nitrogens with one attached hydrogen (secondary N) is 1. The van der Waals surface area contributed by atoms with Gasteiger partial charge in [-0.25, -0.2) is 0 Å². The number of hydrogen-bond acceptors (Lipinski definition) is 3. The lowest BCUT2D eigenvalue weighted by molar-refractivity contribution is 0.163. The van der Waals surface area contributed by atoms with E-state index in [0.29, 0.717) is 6.04 Å². The Balaban J connectivity index is 1.83. The molecular formula is C14H28N2O. The second-order valence-electron chi connectivity index (χ2n) is 5.94. The third-order valence-electron chi connectivity index (χ3n) is 4.80. The molecule has 3 N–H and O–H groups in total. The summed E-state index contributed by atoms with van der Waals surface area (Å²) in [4.78, 5) is 0. The molecule has 0 amide bonds. The molecule has 2 rings (SSSR count). The highest BCUT2D eigenvalue weighted by atomic mass is 16.5. The zero-order valence-corrected chi connectivity index (χ0v) is 11.2. The molecule has 1 heterocycles. The van der Waals surface area contributed by atoms with Crippen LogP contribution in [0, 0.1) is 17.8 Å². The third-order valence-corrected chi connectivity index (χ3v) is 4.80. The van der Waals surface area contributed by atoms with Crippen molar-refractivity contribution in [2.75, 3.05) is 13.2 Å². The molecule has 0 bridgehead atoms. The van der Waals surface area contributed by atoms with Crippen LogP contribution in [-0.4, -0.2) is 19.3 Å². The van der Waals surface area contributed by atoms with Crippen LogP contribution in [0.25, 0.3) is 0 Å². The van der Waals surface area contributed by atoms with Gasteiger partial charge < -0.3 is 4.74 Å². The van der Waals surface area contributed by atoms with Gasteiger partial charge in [-0.15, -0.1) is 0 Å². The van der Waals surface area contributed by atoms with E-state index in [2.05, 4.69) is 12.3 Å². The van der Waals surface area contributed by atoms with E-state index in [1.54, 1.807) is 0 Å². The van der Waals surface area contributed by atoms with Gasteiger partial charge in [-0.2, -0.15) is 0 Å². The molecule has 0 spiro atoms. The molecule has 0 aromatic heterocycles. The fourth-order valence-corrected chi connectivity index (χ4v) is 3.59. The molecule has 17 heavy (non-hydrogen) atoms. The first-order valence-corrected chi connectivity index (χ1v) is 7.37. The van der Waals surface area contributed by atoms with Gasteiger partial charge in [0.2, 0.25) is 0 Å². The summed E-state index contributed by atoms with van der Waals surface area (Å²) in [7, 11) is 0. The summed E-state index contributed by atoms with van der Waals surface area (Å²) in [6.45, 7) is 4.22. The zero-order valence-electron chi connectivity index (χ0n) is 11.2. The van der Waals surface area contributed by atoms with Crippen LogP contribution >= 0.6 is 0 Å². The Morgan fingerprint density at radius 3 is 2.82 bits per heavy atom. The van der Waals surface area contributed by atoms with Crippen LogP contribution in [0.4, 0.5) is 0 Å². The molecule has 4 atom stereocenters. The standard InChI is InChI=1S/C14H28N2O/c1-2-11-4-3-5-13(8-11)14(16-15)9-12-6-7-17-10-12/h11-14,16H,2-10,15H2,1H3. The minimum absolute atomic E-state index is 0.510. The van der Waals surface area contributed by atoms with Gasteiger partial charge in [0, 0.05) is 19.3 Å². The molecular weight excluding hydrogens is 212 g/mol. The lowest BCUT2D eigenvalue weighted by atomic mass is 9.75. The molecule has 0 radical (unpaired) electrons. The predicted molar refractivity (Wildman–Crippen MR) is 70.4 cm³/mol. The first-order valence-electron chi connectivity index (χ1n) is 7.37. The van der Waals surface area contributed by atoms with E-state index < -0.39 is 0 Å². The highest BCUT2D eigenvalue weighted by Crippen LogP contribution is 2.35. The topological polar surface area (TPSA) is 47.3 Å². The second kappa shape index (κ2) is 6.72. The van der Waals surface area contributed by atoms with Gasteiger partial charge in [0.25, 0.3) is 0 Å².